The van der Waals surface area contributed by atoms with Crippen LogP contribution in [-0.2, 0) is 4.74 Å². The minimum absolute atomic E-state index is 0.0453. The van der Waals surface area contributed by atoms with Gasteiger partial charge in [0.15, 0.2) is 0 Å². The molecule has 1 aliphatic heterocycles. The van der Waals surface area contributed by atoms with E-state index in [0.717, 1.165) is 0 Å². The smallest absolute Gasteiger partial charge is 0.410 e. The largest absolute Gasteiger partial charge is 0.453 e. The lowest BCUT2D eigenvalue weighted by Crippen LogP contribution is -2.58. The highest BCUT2D eigenvalue weighted by Crippen LogP contribution is 2.15. The Bertz CT molecular complexity index is 198. The predicted octanol–water partition coefficient (Wildman–Crippen LogP) is 0.0972. The van der Waals surface area contributed by atoms with E-state index in [1.165, 1.54) is 7.11 Å². The van der Waals surface area contributed by atoms with Crippen molar-refractivity contribution in [2.45, 2.75) is 25.9 Å². The average molecular weight is 202 g/mol. The van der Waals surface area contributed by atoms with Gasteiger partial charge in [0.1, 0.15) is 0 Å². The van der Waals surface area contributed by atoms with Gasteiger partial charge in [-0.15, -0.1) is 0 Å². The highest BCUT2D eigenvalue weighted by molar-refractivity contribution is 5.68. The average Bonchev–Trinajstić information content (AvgIpc) is 2.16. The molecule has 0 aromatic heterocycles. The van der Waals surface area contributed by atoms with Crippen LogP contribution in [0, 0.1) is 0 Å². The summed E-state index contributed by atoms with van der Waals surface area (Å²) in [5, 5.41) is 9.00. The van der Waals surface area contributed by atoms with Crippen LogP contribution in [0.2, 0.25) is 0 Å². The van der Waals surface area contributed by atoms with Crippen LogP contribution in [0.15, 0.2) is 0 Å². The van der Waals surface area contributed by atoms with Gasteiger partial charge in [-0.3, -0.25) is 4.90 Å². The molecular weight excluding hydrogens is 184 g/mol. The number of hydrogen-bond acceptors (Lipinski definition) is 4. The quantitative estimate of drug-likeness (QED) is 0.655. The Hall–Kier alpha value is -0.810. The van der Waals surface area contributed by atoms with Crippen LogP contribution >= 0.6 is 0 Å². The molecule has 1 heterocycles. The Morgan fingerprint density at radius 1 is 1.43 bits per heavy atom. The maximum atomic E-state index is 11.4. The summed E-state index contributed by atoms with van der Waals surface area (Å²) in [6, 6.07) is 0.164. The van der Waals surface area contributed by atoms with E-state index in [0.29, 0.717) is 13.1 Å². The molecule has 14 heavy (non-hydrogen) atoms. The highest BCUT2D eigenvalue weighted by Gasteiger charge is 2.32. The Balaban J connectivity index is 2.65. The van der Waals surface area contributed by atoms with Crippen molar-refractivity contribution >= 4 is 6.09 Å². The van der Waals surface area contributed by atoms with Gasteiger partial charge >= 0.3 is 6.09 Å². The van der Waals surface area contributed by atoms with Crippen molar-refractivity contribution in [3.63, 3.8) is 0 Å². The first kappa shape index (κ1) is 11.3. The normalized spacial score (nSPS) is 29.0. The lowest BCUT2D eigenvalue weighted by atomic mass is 10.1. The van der Waals surface area contributed by atoms with E-state index in [1.807, 2.05) is 18.7 Å². The van der Waals surface area contributed by atoms with Gasteiger partial charge in [-0.2, -0.15) is 0 Å². The number of methoxy groups -OCH3 is 1. The minimum atomic E-state index is -0.289. The first-order chi connectivity index (χ1) is 6.60. The Morgan fingerprint density at radius 2 is 1.93 bits per heavy atom. The molecule has 1 rings (SSSR count). The van der Waals surface area contributed by atoms with Crippen LogP contribution in [0.5, 0.6) is 0 Å². The molecule has 1 fully saturated rings. The Labute approximate surface area is 84.2 Å². The molecule has 5 nitrogen and oxygen atoms in total. The molecule has 0 radical (unpaired) electrons. The predicted molar refractivity (Wildman–Crippen MR) is 51.8 cm³/mol. The summed E-state index contributed by atoms with van der Waals surface area (Å²) in [7, 11) is 1.39. The van der Waals surface area contributed by atoms with Crippen LogP contribution in [0.1, 0.15) is 13.8 Å². The van der Waals surface area contributed by atoms with Crippen LogP contribution in [0.25, 0.3) is 0 Å². The fourth-order valence-corrected chi connectivity index (χ4v) is 2.01. The third-order valence-corrected chi connectivity index (χ3v) is 2.58. The number of piperazine rings is 1. The summed E-state index contributed by atoms with van der Waals surface area (Å²) in [6.07, 6.45) is -0.289. The zero-order chi connectivity index (χ0) is 10.7. The Morgan fingerprint density at radius 3 is 2.29 bits per heavy atom. The maximum absolute atomic E-state index is 11.4. The SMILES string of the molecule is COC(=O)N1C(C)CN(CO)CC1C. The summed E-state index contributed by atoms with van der Waals surface area (Å²) in [6.45, 7) is 5.33. The van der Waals surface area contributed by atoms with E-state index >= 15 is 0 Å². The number of hydrogen-bond donors (Lipinski definition) is 1. The first-order valence-electron chi connectivity index (χ1n) is 4.79. The maximum Gasteiger partial charge on any atom is 0.410 e. The van der Waals surface area contributed by atoms with Crippen molar-refractivity contribution in [1.29, 1.82) is 0 Å². The summed E-state index contributed by atoms with van der Waals surface area (Å²) in [5.74, 6) is 0. The van der Waals surface area contributed by atoms with Gasteiger partial charge in [-0.05, 0) is 13.8 Å². The number of ether oxygens (including phenoxy) is 1. The number of aliphatic hydroxyl groups is 1. The van der Waals surface area contributed by atoms with Gasteiger partial charge in [-0.1, -0.05) is 0 Å². The highest BCUT2D eigenvalue weighted by atomic mass is 16.5. The molecule has 0 aliphatic carbocycles. The molecule has 82 valence electrons. The summed E-state index contributed by atoms with van der Waals surface area (Å²) < 4.78 is 4.71. The van der Waals surface area contributed by atoms with E-state index in [-0.39, 0.29) is 24.9 Å². The van der Waals surface area contributed by atoms with Crippen LogP contribution < -0.4 is 0 Å². The van der Waals surface area contributed by atoms with Crippen LogP contribution in [-0.4, -0.2) is 60.0 Å². The molecule has 0 aromatic carbocycles. The van der Waals surface area contributed by atoms with Crippen molar-refractivity contribution in [1.82, 2.24) is 9.80 Å². The Kier molecular flexibility index (Phi) is 3.71. The molecule has 2 unspecified atom stereocenters. The van der Waals surface area contributed by atoms with Gasteiger partial charge in [0.05, 0.1) is 13.8 Å². The lowest BCUT2D eigenvalue weighted by Gasteiger charge is -2.42. The standard InChI is InChI=1S/C9H18N2O3/c1-7-4-10(6-12)5-8(2)11(7)9(13)14-3/h7-8,12H,4-6H2,1-3H3. The zero-order valence-electron chi connectivity index (χ0n) is 8.93. The molecule has 0 bridgehead atoms. The molecule has 1 saturated heterocycles. The van der Waals surface area contributed by atoms with Crippen molar-refractivity contribution in [3.8, 4) is 0 Å². The van der Waals surface area contributed by atoms with Gasteiger partial charge in [0.2, 0.25) is 0 Å². The number of nitrogens with zero attached hydrogens (tertiary/aromatic N) is 2. The second-order valence-corrected chi connectivity index (χ2v) is 3.75. The molecule has 0 saturated carbocycles. The number of amides is 1. The third kappa shape index (κ3) is 2.16. The van der Waals surface area contributed by atoms with E-state index in [4.69, 9.17) is 9.84 Å². The minimum Gasteiger partial charge on any atom is -0.453 e. The monoisotopic (exact) mass is 202 g/mol. The molecule has 1 N–H and O–H groups in total. The van der Waals surface area contributed by atoms with Crippen molar-refractivity contribution in [2.24, 2.45) is 0 Å². The fourth-order valence-electron chi connectivity index (χ4n) is 2.01. The molecule has 1 amide bonds. The number of rotatable bonds is 1. The number of aliphatic hydroxyl groups excluding tert-OH is 1. The summed E-state index contributed by atoms with van der Waals surface area (Å²) in [4.78, 5) is 15.0. The summed E-state index contributed by atoms with van der Waals surface area (Å²) in [5.41, 5.74) is 0. The van der Waals surface area contributed by atoms with E-state index in [9.17, 15) is 4.79 Å². The molecule has 0 aromatic rings. The molecule has 2 atom stereocenters. The topological polar surface area (TPSA) is 53.0 Å². The van der Waals surface area contributed by atoms with Crippen molar-refractivity contribution < 1.29 is 14.6 Å². The van der Waals surface area contributed by atoms with E-state index in [2.05, 4.69) is 0 Å². The van der Waals surface area contributed by atoms with Gasteiger partial charge in [0, 0.05) is 25.2 Å². The fraction of sp³-hybridized carbons (Fsp3) is 0.889. The molecule has 0 spiro atoms. The van der Waals surface area contributed by atoms with E-state index < -0.39 is 0 Å². The van der Waals surface area contributed by atoms with Crippen LogP contribution in [0.4, 0.5) is 4.79 Å². The molecule has 5 heteroatoms. The molecule has 1 aliphatic rings. The van der Waals surface area contributed by atoms with Crippen molar-refractivity contribution in [3.05, 3.63) is 0 Å². The number of carbonyl (C=O) groups is 1. The molecular formula is C9H18N2O3. The van der Waals surface area contributed by atoms with Gasteiger partial charge in [-0.25, -0.2) is 4.79 Å². The van der Waals surface area contributed by atoms with Gasteiger partial charge < -0.3 is 14.7 Å². The summed E-state index contributed by atoms with van der Waals surface area (Å²) >= 11 is 0. The van der Waals surface area contributed by atoms with E-state index in [1.54, 1.807) is 4.90 Å². The lowest BCUT2D eigenvalue weighted by molar-refractivity contribution is -0.00177. The second-order valence-electron chi connectivity index (χ2n) is 3.75. The van der Waals surface area contributed by atoms with Crippen molar-refractivity contribution in [2.75, 3.05) is 26.9 Å². The zero-order valence-corrected chi connectivity index (χ0v) is 8.93. The number of carbonyl (C=O) groups excluding carboxylic acids is 1. The van der Waals surface area contributed by atoms with Gasteiger partial charge in [0.25, 0.3) is 0 Å². The third-order valence-electron chi connectivity index (χ3n) is 2.58. The first-order valence-corrected chi connectivity index (χ1v) is 4.79. The van der Waals surface area contributed by atoms with Crippen LogP contribution in [0.3, 0.4) is 0 Å². The second kappa shape index (κ2) is 4.61.